The number of ether oxygens (including phenoxy) is 2. The molecule has 0 bridgehead atoms. The summed E-state index contributed by atoms with van der Waals surface area (Å²) in [4.78, 5) is 25.8. The number of benzene rings is 2. The molecule has 0 aliphatic rings. The Balaban J connectivity index is 2.37. The SMILES string of the molecule is COCCOc1c(C)c(C(=O)c2ccccc2)cc(-c2c[nH]n(C)c2=O)c1S(C)(=O)=O. The van der Waals surface area contributed by atoms with Gasteiger partial charge in [-0.15, -0.1) is 0 Å². The number of carbonyl (C=O) groups excluding carboxylic acids is 1. The molecule has 0 spiro atoms. The molecular formula is C22H24N2O6S. The van der Waals surface area contributed by atoms with Gasteiger partial charge in [0.1, 0.15) is 17.3 Å². The molecule has 0 unspecified atom stereocenters. The Morgan fingerprint density at radius 3 is 2.35 bits per heavy atom. The molecule has 1 aromatic heterocycles. The summed E-state index contributed by atoms with van der Waals surface area (Å²) in [6.07, 6.45) is 2.46. The van der Waals surface area contributed by atoms with E-state index in [0.717, 1.165) is 6.26 Å². The Morgan fingerprint density at radius 2 is 1.81 bits per heavy atom. The summed E-state index contributed by atoms with van der Waals surface area (Å²) in [6, 6.07) is 10.1. The molecule has 9 heteroatoms. The average Bonchev–Trinajstić information content (AvgIpc) is 3.07. The zero-order valence-electron chi connectivity index (χ0n) is 17.8. The summed E-state index contributed by atoms with van der Waals surface area (Å²) >= 11 is 0. The third kappa shape index (κ3) is 4.47. The third-order valence-corrected chi connectivity index (χ3v) is 6.04. The Kier molecular flexibility index (Phi) is 6.47. The van der Waals surface area contributed by atoms with Crippen LogP contribution in [0.3, 0.4) is 0 Å². The van der Waals surface area contributed by atoms with E-state index >= 15 is 0 Å². The maximum atomic E-state index is 13.3. The smallest absolute Gasteiger partial charge is 0.274 e. The number of nitrogens with zero attached hydrogens (tertiary/aromatic N) is 1. The van der Waals surface area contributed by atoms with Crippen LogP contribution in [0.5, 0.6) is 5.75 Å². The van der Waals surface area contributed by atoms with E-state index in [0.29, 0.717) is 11.1 Å². The van der Waals surface area contributed by atoms with Crippen LogP contribution in [0.2, 0.25) is 0 Å². The minimum atomic E-state index is -3.83. The molecule has 164 valence electrons. The quantitative estimate of drug-likeness (QED) is 0.422. The van der Waals surface area contributed by atoms with Gasteiger partial charge in [-0.1, -0.05) is 30.3 Å². The Hall–Kier alpha value is -3.17. The van der Waals surface area contributed by atoms with Crippen molar-refractivity contribution < 1.29 is 22.7 Å². The Morgan fingerprint density at radius 1 is 1.13 bits per heavy atom. The van der Waals surface area contributed by atoms with Crippen molar-refractivity contribution >= 4 is 15.6 Å². The summed E-state index contributed by atoms with van der Waals surface area (Å²) in [5.74, 6) is -0.261. The molecule has 1 heterocycles. The van der Waals surface area contributed by atoms with Crippen LogP contribution in [-0.4, -0.2) is 50.6 Å². The molecule has 0 radical (unpaired) electrons. The molecule has 0 atom stereocenters. The summed E-state index contributed by atoms with van der Waals surface area (Å²) < 4.78 is 37.6. The molecule has 31 heavy (non-hydrogen) atoms. The number of aromatic amines is 1. The predicted molar refractivity (Wildman–Crippen MR) is 117 cm³/mol. The molecule has 3 aromatic rings. The summed E-state index contributed by atoms with van der Waals surface area (Å²) in [5, 5.41) is 2.74. The molecule has 2 aromatic carbocycles. The van der Waals surface area contributed by atoms with Gasteiger partial charge < -0.3 is 14.6 Å². The summed E-state index contributed by atoms with van der Waals surface area (Å²) in [7, 11) is -0.808. The van der Waals surface area contributed by atoms with Crippen LogP contribution in [0.15, 0.2) is 52.3 Å². The summed E-state index contributed by atoms with van der Waals surface area (Å²) in [6.45, 7) is 1.93. The minimum absolute atomic E-state index is 0.0413. The zero-order valence-corrected chi connectivity index (χ0v) is 18.6. The number of sulfone groups is 1. The van der Waals surface area contributed by atoms with Gasteiger partial charge >= 0.3 is 0 Å². The van der Waals surface area contributed by atoms with Crippen molar-refractivity contribution in [2.75, 3.05) is 26.6 Å². The fourth-order valence-electron chi connectivity index (χ4n) is 3.34. The topological polar surface area (TPSA) is 107 Å². The van der Waals surface area contributed by atoms with Gasteiger partial charge in [-0.2, -0.15) is 0 Å². The van der Waals surface area contributed by atoms with E-state index in [-0.39, 0.29) is 46.3 Å². The number of H-pyrrole nitrogens is 1. The van der Waals surface area contributed by atoms with Gasteiger partial charge in [0.2, 0.25) is 0 Å². The first-order valence-corrected chi connectivity index (χ1v) is 11.4. The molecule has 0 saturated carbocycles. The predicted octanol–water partition coefficient (Wildman–Crippen LogP) is 2.35. The van der Waals surface area contributed by atoms with Crippen molar-refractivity contribution in [2.45, 2.75) is 11.8 Å². The fourth-order valence-corrected chi connectivity index (χ4v) is 4.46. The van der Waals surface area contributed by atoms with Crippen LogP contribution in [0.25, 0.3) is 11.1 Å². The second-order valence-electron chi connectivity index (χ2n) is 7.11. The van der Waals surface area contributed by atoms with Crippen LogP contribution in [0, 0.1) is 6.92 Å². The maximum Gasteiger partial charge on any atom is 0.274 e. The monoisotopic (exact) mass is 444 g/mol. The number of ketones is 1. The largest absolute Gasteiger partial charge is 0.489 e. The van der Waals surface area contributed by atoms with Crippen LogP contribution in [0.4, 0.5) is 0 Å². The number of carbonyl (C=O) groups is 1. The third-order valence-electron chi connectivity index (χ3n) is 4.90. The van der Waals surface area contributed by atoms with Crippen molar-refractivity contribution in [1.82, 2.24) is 9.78 Å². The number of hydrogen-bond donors (Lipinski definition) is 1. The molecule has 0 fully saturated rings. The van der Waals surface area contributed by atoms with Gasteiger partial charge in [-0.3, -0.25) is 14.3 Å². The maximum absolute atomic E-state index is 13.3. The van der Waals surface area contributed by atoms with Crippen LogP contribution < -0.4 is 10.3 Å². The lowest BCUT2D eigenvalue weighted by molar-refractivity contribution is 0.103. The number of nitrogens with one attached hydrogen (secondary N) is 1. The van der Waals surface area contributed by atoms with Gasteiger partial charge in [-0.05, 0) is 13.0 Å². The molecule has 1 N–H and O–H groups in total. The standard InChI is InChI=1S/C22H24N2O6S/c1-14-16(19(25)15-8-6-5-7-9-15)12-17(18-13-23-24(2)22(18)26)21(31(4,27)28)20(14)30-11-10-29-3/h5-9,12-13,23H,10-11H2,1-4H3. The van der Waals surface area contributed by atoms with Gasteiger partial charge in [0.05, 0.1) is 12.2 Å². The number of methoxy groups -OCH3 is 1. The molecular weight excluding hydrogens is 420 g/mol. The Labute approximate surface area is 180 Å². The lowest BCUT2D eigenvalue weighted by Crippen LogP contribution is -2.17. The first-order valence-electron chi connectivity index (χ1n) is 9.50. The Bertz CT molecular complexity index is 1270. The van der Waals surface area contributed by atoms with Crippen molar-refractivity contribution in [3.05, 3.63) is 69.6 Å². The molecule has 8 nitrogen and oxygen atoms in total. The van der Waals surface area contributed by atoms with E-state index in [2.05, 4.69) is 5.10 Å². The molecule has 0 aliphatic carbocycles. The van der Waals surface area contributed by atoms with Gasteiger partial charge in [-0.25, -0.2) is 8.42 Å². The van der Waals surface area contributed by atoms with Crippen LogP contribution in [-0.2, 0) is 21.6 Å². The van der Waals surface area contributed by atoms with Gasteiger partial charge in [0, 0.05) is 48.9 Å². The number of aryl methyl sites for hydroxylation is 1. The van der Waals surface area contributed by atoms with Gasteiger partial charge in [0.25, 0.3) is 5.56 Å². The van der Waals surface area contributed by atoms with E-state index in [4.69, 9.17) is 9.47 Å². The van der Waals surface area contributed by atoms with E-state index in [1.165, 1.54) is 31.1 Å². The number of hydrogen-bond acceptors (Lipinski definition) is 6. The van der Waals surface area contributed by atoms with Crippen LogP contribution in [0.1, 0.15) is 21.5 Å². The molecule has 3 rings (SSSR count). The fraction of sp³-hybridized carbons (Fsp3) is 0.273. The van der Waals surface area contributed by atoms with E-state index < -0.39 is 15.4 Å². The second-order valence-corrected chi connectivity index (χ2v) is 9.07. The van der Waals surface area contributed by atoms with Crippen LogP contribution >= 0.6 is 0 Å². The van der Waals surface area contributed by atoms with Crippen molar-refractivity contribution in [2.24, 2.45) is 7.05 Å². The van der Waals surface area contributed by atoms with E-state index in [1.54, 1.807) is 37.3 Å². The second kappa shape index (κ2) is 8.91. The highest BCUT2D eigenvalue weighted by molar-refractivity contribution is 7.91. The first kappa shape index (κ1) is 22.5. The highest BCUT2D eigenvalue weighted by Gasteiger charge is 2.29. The van der Waals surface area contributed by atoms with E-state index in [9.17, 15) is 18.0 Å². The highest BCUT2D eigenvalue weighted by atomic mass is 32.2. The lowest BCUT2D eigenvalue weighted by atomic mass is 9.94. The number of rotatable bonds is 8. The van der Waals surface area contributed by atoms with E-state index in [1.807, 2.05) is 0 Å². The highest BCUT2D eigenvalue weighted by Crippen LogP contribution is 2.39. The minimum Gasteiger partial charge on any atom is -0.489 e. The van der Waals surface area contributed by atoms with Crippen molar-refractivity contribution in [3.63, 3.8) is 0 Å². The number of aromatic nitrogens is 2. The van der Waals surface area contributed by atoms with Crippen molar-refractivity contribution in [3.8, 4) is 16.9 Å². The normalized spacial score (nSPS) is 11.5. The summed E-state index contributed by atoms with van der Waals surface area (Å²) in [5.41, 5.74) is 0.886. The van der Waals surface area contributed by atoms with Gasteiger partial charge in [0.15, 0.2) is 15.6 Å². The lowest BCUT2D eigenvalue weighted by Gasteiger charge is -2.19. The average molecular weight is 445 g/mol. The van der Waals surface area contributed by atoms with Crippen molar-refractivity contribution in [1.29, 1.82) is 0 Å². The zero-order chi connectivity index (χ0) is 22.8. The molecule has 0 aliphatic heterocycles. The molecule has 0 amide bonds. The first-order chi connectivity index (χ1) is 14.7. The molecule has 0 saturated heterocycles.